The molecule has 0 aliphatic carbocycles. The van der Waals surface area contributed by atoms with Crippen molar-refractivity contribution < 1.29 is 13.2 Å². The van der Waals surface area contributed by atoms with Crippen molar-refractivity contribution >= 4 is 26.9 Å². The van der Waals surface area contributed by atoms with E-state index in [1.807, 2.05) is 18.2 Å². The number of hydrogen-bond donors (Lipinski definition) is 0. The first-order chi connectivity index (χ1) is 9.97. The lowest BCUT2D eigenvalue weighted by Crippen LogP contribution is -2.40. The number of sulfonamides is 1. The first-order valence-electron chi connectivity index (χ1n) is 7.17. The van der Waals surface area contributed by atoms with E-state index in [9.17, 15) is 13.2 Å². The standard InChI is InChI=1S/C15H20ClNO3S/c16-15(18)8-11-21(19,20)17-9-6-14(7-10-17)12-13-4-2-1-3-5-13/h1-5,14H,6-12H2. The minimum atomic E-state index is -3.35. The van der Waals surface area contributed by atoms with Crippen LogP contribution in [0, 0.1) is 5.92 Å². The molecule has 6 heteroatoms. The van der Waals surface area contributed by atoms with Crippen LogP contribution in [0.2, 0.25) is 0 Å². The van der Waals surface area contributed by atoms with Crippen LogP contribution in [0.3, 0.4) is 0 Å². The molecule has 1 aliphatic heterocycles. The quantitative estimate of drug-likeness (QED) is 0.753. The van der Waals surface area contributed by atoms with Crippen molar-refractivity contribution in [1.29, 1.82) is 0 Å². The second-order valence-corrected chi connectivity index (χ2v) is 7.96. The fraction of sp³-hybridized carbons (Fsp3) is 0.533. The van der Waals surface area contributed by atoms with Crippen LogP contribution < -0.4 is 0 Å². The van der Waals surface area contributed by atoms with Gasteiger partial charge in [0, 0.05) is 19.5 Å². The summed E-state index contributed by atoms with van der Waals surface area (Å²) < 4.78 is 25.6. The predicted molar refractivity (Wildman–Crippen MR) is 83.7 cm³/mol. The molecular weight excluding hydrogens is 310 g/mol. The van der Waals surface area contributed by atoms with E-state index in [-0.39, 0.29) is 12.2 Å². The molecule has 1 saturated heterocycles. The zero-order chi connectivity index (χ0) is 15.3. The molecule has 0 unspecified atom stereocenters. The molecule has 0 bridgehead atoms. The van der Waals surface area contributed by atoms with E-state index < -0.39 is 15.3 Å². The van der Waals surface area contributed by atoms with Crippen molar-refractivity contribution in [1.82, 2.24) is 4.31 Å². The smallest absolute Gasteiger partial charge is 0.222 e. The molecule has 1 aromatic carbocycles. The Kier molecular flexibility index (Phi) is 5.79. The van der Waals surface area contributed by atoms with E-state index in [1.165, 1.54) is 9.87 Å². The molecule has 2 rings (SSSR count). The van der Waals surface area contributed by atoms with E-state index in [0.717, 1.165) is 19.3 Å². The fourth-order valence-electron chi connectivity index (χ4n) is 2.68. The van der Waals surface area contributed by atoms with Gasteiger partial charge in [-0.15, -0.1) is 0 Å². The highest BCUT2D eigenvalue weighted by Gasteiger charge is 2.28. The highest BCUT2D eigenvalue weighted by Crippen LogP contribution is 2.23. The number of carbonyl (C=O) groups is 1. The van der Waals surface area contributed by atoms with Gasteiger partial charge in [0.25, 0.3) is 0 Å². The Morgan fingerprint density at radius 2 is 1.81 bits per heavy atom. The normalized spacial score (nSPS) is 17.8. The average molecular weight is 330 g/mol. The maximum Gasteiger partial charge on any atom is 0.222 e. The lowest BCUT2D eigenvalue weighted by Gasteiger charge is -2.31. The molecule has 0 aromatic heterocycles. The van der Waals surface area contributed by atoms with Gasteiger partial charge in [-0.1, -0.05) is 30.3 Å². The number of nitrogens with zero attached hydrogens (tertiary/aromatic N) is 1. The Balaban J connectivity index is 1.84. The molecule has 116 valence electrons. The first-order valence-corrected chi connectivity index (χ1v) is 9.16. The second kappa shape index (κ2) is 7.38. The number of halogens is 1. The average Bonchev–Trinajstić information content (AvgIpc) is 2.47. The summed E-state index contributed by atoms with van der Waals surface area (Å²) in [5, 5.41) is -0.600. The molecule has 0 saturated carbocycles. The van der Waals surface area contributed by atoms with Crippen molar-refractivity contribution in [2.45, 2.75) is 25.7 Å². The molecule has 0 radical (unpaired) electrons. The maximum atomic E-state index is 12.1. The highest BCUT2D eigenvalue weighted by molar-refractivity contribution is 7.89. The van der Waals surface area contributed by atoms with Crippen LogP contribution >= 0.6 is 11.6 Å². The highest BCUT2D eigenvalue weighted by atomic mass is 35.5. The molecule has 1 fully saturated rings. The Bertz CT molecular complexity index is 566. The topological polar surface area (TPSA) is 54.5 Å². The number of carbonyl (C=O) groups excluding carboxylic acids is 1. The Morgan fingerprint density at radius 1 is 1.19 bits per heavy atom. The van der Waals surface area contributed by atoms with Gasteiger partial charge in [0.1, 0.15) is 0 Å². The zero-order valence-corrected chi connectivity index (χ0v) is 13.4. The van der Waals surface area contributed by atoms with E-state index in [0.29, 0.717) is 19.0 Å². The van der Waals surface area contributed by atoms with Crippen LogP contribution in [0.1, 0.15) is 24.8 Å². The lowest BCUT2D eigenvalue weighted by molar-refractivity contribution is -0.111. The van der Waals surface area contributed by atoms with Gasteiger partial charge < -0.3 is 0 Å². The number of hydrogen-bond acceptors (Lipinski definition) is 3. The van der Waals surface area contributed by atoms with E-state index in [4.69, 9.17) is 11.6 Å². The summed E-state index contributed by atoms with van der Waals surface area (Å²) in [7, 11) is -3.35. The van der Waals surface area contributed by atoms with Gasteiger partial charge in [-0.05, 0) is 42.3 Å². The van der Waals surface area contributed by atoms with Crippen molar-refractivity contribution in [2.75, 3.05) is 18.8 Å². The van der Waals surface area contributed by atoms with E-state index >= 15 is 0 Å². The van der Waals surface area contributed by atoms with E-state index in [1.54, 1.807) is 0 Å². The second-order valence-electron chi connectivity index (χ2n) is 5.45. The summed E-state index contributed by atoms with van der Waals surface area (Å²) in [5.41, 5.74) is 1.30. The Labute approximate surface area is 131 Å². The van der Waals surface area contributed by atoms with Gasteiger partial charge >= 0.3 is 0 Å². The zero-order valence-electron chi connectivity index (χ0n) is 11.9. The molecule has 0 amide bonds. The van der Waals surface area contributed by atoms with Crippen LogP contribution in [-0.4, -0.2) is 36.8 Å². The maximum absolute atomic E-state index is 12.1. The van der Waals surface area contributed by atoms with Crippen molar-refractivity contribution in [3.8, 4) is 0 Å². The van der Waals surface area contributed by atoms with Gasteiger partial charge in [0.15, 0.2) is 0 Å². The third-order valence-corrected chi connectivity index (χ3v) is 5.95. The van der Waals surface area contributed by atoms with Crippen molar-refractivity contribution in [3.05, 3.63) is 35.9 Å². The molecule has 4 nitrogen and oxygen atoms in total. The number of benzene rings is 1. The monoisotopic (exact) mass is 329 g/mol. The third-order valence-electron chi connectivity index (χ3n) is 3.89. The van der Waals surface area contributed by atoms with Crippen molar-refractivity contribution in [3.63, 3.8) is 0 Å². The van der Waals surface area contributed by atoms with Gasteiger partial charge in [-0.25, -0.2) is 12.7 Å². The number of rotatable bonds is 6. The van der Waals surface area contributed by atoms with Crippen LogP contribution in [0.15, 0.2) is 30.3 Å². The molecule has 1 aromatic rings. The summed E-state index contributed by atoms with van der Waals surface area (Å²) in [5.74, 6) is 0.340. The van der Waals surface area contributed by atoms with Crippen LogP contribution in [-0.2, 0) is 21.2 Å². The van der Waals surface area contributed by atoms with Gasteiger partial charge in [0.2, 0.25) is 15.3 Å². The largest absolute Gasteiger partial charge is 0.281 e. The van der Waals surface area contributed by atoms with Crippen LogP contribution in [0.4, 0.5) is 0 Å². The molecular formula is C15H20ClNO3S. The minimum absolute atomic E-state index is 0.117. The predicted octanol–water partition coefficient (Wildman–Crippen LogP) is 2.43. The lowest BCUT2D eigenvalue weighted by atomic mass is 9.91. The van der Waals surface area contributed by atoms with E-state index in [2.05, 4.69) is 12.1 Å². The van der Waals surface area contributed by atoms with Crippen LogP contribution in [0.25, 0.3) is 0 Å². The molecule has 0 atom stereocenters. The summed E-state index contributed by atoms with van der Waals surface area (Å²) in [4.78, 5) is 10.7. The summed E-state index contributed by atoms with van der Waals surface area (Å²) in [6.07, 6.45) is 2.61. The minimum Gasteiger partial charge on any atom is -0.281 e. The summed E-state index contributed by atoms with van der Waals surface area (Å²) >= 11 is 5.21. The third kappa shape index (κ3) is 5.09. The summed E-state index contributed by atoms with van der Waals surface area (Å²) in [6.45, 7) is 1.08. The molecule has 0 N–H and O–H groups in total. The van der Waals surface area contributed by atoms with Gasteiger partial charge in [-0.3, -0.25) is 4.79 Å². The fourth-order valence-corrected chi connectivity index (χ4v) is 4.35. The number of piperidine rings is 1. The summed E-state index contributed by atoms with van der Waals surface area (Å²) in [6, 6.07) is 10.3. The van der Waals surface area contributed by atoms with Crippen molar-refractivity contribution in [2.24, 2.45) is 5.92 Å². The molecule has 0 spiro atoms. The Hall–Kier alpha value is -0.910. The first kappa shape index (κ1) is 16.5. The van der Waals surface area contributed by atoms with Crippen LogP contribution in [0.5, 0.6) is 0 Å². The SMILES string of the molecule is O=C(Cl)CCS(=O)(=O)N1CCC(Cc2ccccc2)CC1. The van der Waals surface area contributed by atoms with Gasteiger partial charge in [0.05, 0.1) is 5.75 Å². The molecule has 21 heavy (non-hydrogen) atoms. The Morgan fingerprint density at radius 3 is 2.38 bits per heavy atom. The van der Waals surface area contributed by atoms with Gasteiger partial charge in [-0.2, -0.15) is 0 Å². The molecule has 1 heterocycles. The molecule has 1 aliphatic rings.